The van der Waals surface area contributed by atoms with Crippen molar-refractivity contribution in [3.8, 4) is 0 Å². The first-order chi connectivity index (χ1) is 13.7. The lowest BCUT2D eigenvalue weighted by molar-refractivity contribution is 1.20. The summed E-state index contributed by atoms with van der Waals surface area (Å²) in [6.45, 7) is 2.12. The molecule has 0 spiro atoms. The first kappa shape index (κ1) is 17.9. The average molecular weight is 364 g/mol. The molecular weight excluding hydrogens is 340 g/mol. The molecule has 0 aliphatic heterocycles. The smallest absolute Gasteiger partial charge is 0.0463 e. The molecule has 4 aromatic rings. The zero-order valence-corrected chi connectivity index (χ0v) is 16.3. The Labute approximate surface area is 167 Å². The molecule has 4 aromatic carbocycles. The zero-order valence-electron chi connectivity index (χ0n) is 16.3. The summed E-state index contributed by atoms with van der Waals surface area (Å²) in [5, 5.41) is 0. The summed E-state index contributed by atoms with van der Waals surface area (Å²) in [4.78, 5) is 4.48. The summed E-state index contributed by atoms with van der Waals surface area (Å²) >= 11 is 0. The second-order valence-corrected chi connectivity index (χ2v) is 6.92. The standard InChI is InChI=1S/C26H24N2/c1-21-13-15-25(16-14-21)28(24-11-7-4-8-12-24)26-19-17-23(18-20-26)27(2)22-9-5-3-6-10-22/h3-20H,1-2H3. The van der Waals surface area contributed by atoms with Gasteiger partial charge in [0.05, 0.1) is 0 Å². The van der Waals surface area contributed by atoms with E-state index in [0.717, 1.165) is 22.7 Å². The van der Waals surface area contributed by atoms with E-state index in [-0.39, 0.29) is 0 Å². The van der Waals surface area contributed by atoms with Gasteiger partial charge in [-0.05, 0) is 67.6 Å². The number of hydrogen-bond acceptors (Lipinski definition) is 2. The summed E-state index contributed by atoms with van der Waals surface area (Å²) < 4.78 is 0. The molecule has 138 valence electrons. The lowest BCUT2D eigenvalue weighted by Gasteiger charge is -2.26. The van der Waals surface area contributed by atoms with E-state index in [1.165, 1.54) is 11.3 Å². The van der Waals surface area contributed by atoms with Crippen LogP contribution in [0.4, 0.5) is 28.4 Å². The highest BCUT2D eigenvalue weighted by Crippen LogP contribution is 2.35. The highest BCUT2D eigenvalue weighted by molar-refractivity contribution is 5.78. The fourth-order valence-corrected chi connectivity index (χ4v) is 3.34. The van der Waals surface area contributed by atoms with Crippen molar-refractivity contribution in [2.24, 2.45) is 0 Å². The summed E-state index contributed by atoms with van der Waals surface area (Å²) in [6.07, 6.45) is 0. The Morgan fingerprint density at radius 1 is 0.429 bits per heavy atom. The van der Waals surface area contributed by atoms with Crippen LogP contribution in [-0.4, -0.2) is 7.05 Å². The van der Waals surface area contributed by atoms with Crippen molar-refractivity contribution in [2.75, 3.05) is 16.8 Å². The van der Waals surface area contributed by atoms with Crippen LogP contribution in [0.5, 0.6) is 0 Å². The number of anilines is 5. The van der Waals surface area contributed by atoms with Gasteiger partial charge < -0.3 is 9.80 Å². The van der Waals surface area contributed by atoms with Crippen LogP contribution in [0.25, 0.3) is 0 Å². The van der Waals surface area contributed by atoms with Crippen molar-refractivity contribution in [1.29, 1.82) is 0 Å². The number of para-hydroxylation sites is 2. The van der Waals surface area contributed by atoms with Crippen molar-refractivity contribution in [3.63, 3.8) is 0 Å². The van der Waals surface area contributed by atoms with Crippen LogP contribution < -0.4 is 9.80 Å². The molecule has 0 saturated carbocycles. The van der Waals surface area contributed by atoms with E-state index < -0.39 is 0 Å². The fourth-order valence-electron chi connectivity index (χ4n) is 3.34. The van der Waals surface area contributed by atoms with Gasteiger partial charge in [-0.1, -0.05) is 54.1 Å². The molecule has 2 heteroatoms. The topological polar surface area (TPSA) is 6.48 Å². The second kappa shape index (κ2) is 8.01. The maximum absolute atomic E-state index is 2.28. The summed E-state index contributed by atoms with van der Waals surface area (Å²) in [5.74, 6) is 0. The van der Waals surface area contributed by atoms with E-state index in [4.69, 9.17) is 0 Å². The van der Waals surface area contributed by atoms with E-state index in [1.54, 1.807) is 0 Å². The molecule has 0 bridgehead atoms. The SMILES string of the molecule is Cc1ccc(N(c2ccccc2)c2ccc(N(C)c3ccccc3)cc2)cc1. The van der Waals surface area contributed by atoms with Crippen molar-refractivity contribution in [3.05, 3.63) is 115 Å². The van der Waals surface area contributed by atoms with Gasteiger partial charge in [0.2, 0.25) is 0 Å². The molecule has 0 unspecified atom stereocenters. The molecule has 0 radical (unpaired) electrons. The Hall–Kier alpha value is -3.52. The lowest BCUT2D eigenvalue weighted by Crippen LogP contribution is -2.11. The molecule has 0 atom stereocenters. The second-order valence-electron chi connectivity index (χ2n) is 6.92. The van der Waals surface area contributed by atoms with Gasteiger partial charge in [-0.25, -0.2) is 0 Å². The minimum absolute atomic E-state index is 1.14. The Morgan fingerprint density at radius 3 is 1.32 bits per heavy atom. The summed E-state index contributed by atoms with van der Waals surface area (Å²) in [7, 11) is 2.10. The number of benzene rings is 4. The number of rotatable bonds is 5. The van der Waals surface area contributed by atoms with E-state index in [2.05, 4.69) is 127 Å². The van der Waals surface area contributed by atoms with Crippen molar-refractivity contribution in [1.82, 2.24) is 0 Å². The molecule has 28 heavy (non-hydrogen) atoms. The van der Waals surface area contributed by atoms with Crippen molar-refractivity contribution in [2.45, 2.75) is 6.92 Å². The minimum Gasteiger partial charge on any atom is -0.345 e. The third-order valence-corrected chi connectivity index (χ3v) is 4.95. The van der Waals surface area contributed by atoms with Crippen LogP contribution in [0, 0.1) is 6.92 Å². The van der Waals surface area contributed by atoms with Crippen LogP contribution in [0.3, 0.4) is 0 Å². The number of nitrogens with zero attached hydrogens (tertiary/aromatic N) is 2. The highest BCUT2D eigenvalue weighted by atomic mass is 15.1. The first-order valence-electron chi connectivity index (χ1n) is 9.53. The van der Waals surface area contributed by atoms with Crippen LogP contribution in [0.1, 0.15) is 5.56 Å². The van der Waals surface area contributed by atoms with Gasteiger partial charge in [-0.15, -0.1) is 0 Å². The molecule has 0 fully saturated rings. The van der Waals surface area contributed by atoms with E-state index in [1.807, 2.05) is 6.07 Å². The van der Waals surface area contributed by atoms with Crippen LogP contribution in [0.2, 0.25) is 0 Å². The van der Waals surface area contributed by atoms with Crippen LogP contribution in [0.15, 0.2) is 109 Å². The van der Waals surface area contributed by atoms with Crippen molar-refractivity contribution < 1.29 is 0 Å². The predicted molar refractivity (Wildman–Crippen MR) is 120 cm³/mol. The quantitative estimate of drug-likeness (QED) is 0.368. The zero-order chi connectivity index (χ0) is 19.3. The van der Waals surface area contributed by atoms with Gasteiger partial charge in [-0.3, -0.25) is 0 Å². The highest BCUT2D eigenvalue weighted by Gasteiger charge is 2.12. The average Bonchev–Trinajstić information content (AvgIpc) is 2.77. The molecular formula is C26H24N2. The molecule has 0 N–H and O–H groups in total. The Bertz CT molecular complexity index is 1010. The van der Waals surface area contributed by atoms with E-state index >= 15 is 0 Å². The monoisotopic (exact) mass is 364 g/mol. The Balaban J connectivity index is 1.70. The van der Waals surface area contributed by atoms with E-state index in [9.17, 15) is 0 Å². The van der Waals surface area contributed by atoms with Crippen LogP contribution in [-0.2, 0) is 0 Å². The summed E-state index contributed by atoms with van der Waals surface area (Å²) in [6, 6.07) is 38.3. The van der Waals surface area contributed by atoms with Gasteiger partial charge in [0, 0.05) is 35.5 Å². The normalized spacial score (nSPS) is 10.5. The molecule has 0 aliphatic carbocycles. The van der Waals surface area contributed by atoms with Gasteiger partial charge in [0.1, 0.15) is 0 Å². The van der Waals surface area contributed by atoms with Crippen LogP contribution >= 0.6 is 0 Å². The maximum atomic E-state index is 2.28. The van der Waals surface area contributed by atoms with Gasteiger partial charge in [-0.2, -0.15) is 0 Å². The minimum atomic E-state index is 1.14. The molecule has 0 amide bonds. The van der Waals surface area contributed by atoms with E-state index in [0.29, 0.717) is 0 Å². The summed E-state index contributed by atoms with van der Waals surface area (Å²) in [5.41, 5.74) is 7.04. The first-order valence-corrected chi connectivity index (χ1v) is 9.53. The van der Waals surface area contributed by atoms with Crippen molar-refractivity contribution >= 4 is 28.4 Å². The molecule has 0 heterocycles. The molecule has 0 aliphatic rings. The van der Waals surface area contributed by atoms with Gasteiger partial charge in [0.25, 0.3) is 0 Å². The maximum Gasteiger partial charge on any atom is 0.0463 e. The largest absolute Gasteiger partial charge is 0.345 e. The number of aryl methyl sites for hydroxylation is 1. The van der Waals surface area contributed by atoms with Gasteiger partial charge >= 0.3 is 0 Å². The Morgan fingerprint density at radius 2 is 0.786 bits per heavy atom. The molecule has 2 nitrogen and oxygen atoms in total. The lowest BCUT2D eigenvalue weighted by atomic mass is 10.1. The van der Waals surface area contributed by atoms with Gasteiger partial charge in [0.15, 0.2) is 0 Å². The predicted octanol–water partition coefficient (Wildman–Crippen LogP) is 7.23. The third-order valence-electron chi connectivity index (χ3n) is 4.95. The third kappa shape index (κ3) is 3.77. The molecule has 4 rings (SSSR count). The fraction of sp³-hybridized carbons (Fsp3) is 0.0769. The molecule has 0 aromatic heterocycles. The Kier molecular flexibility index (Phi) is 5.11. The number of hydrogen-bond donors (Lipinski definition) is 0. The molecule has 0 saturated heterocycles.